The first kappa shape index (κ1) is 19.5. The number of ether oxygens (including phenoxy) is 1. The van der Waals surface area contributed by atoms with Gasteiger partial charge in [0.1, 0.15) is 11.5 Å². The number of aryl methyl sites for hydroxylation is 2. The summed E-state index contributed by atoms with van der Waals surface area (Å²) in [6.07, 6.45) is 0. The molecular formula is C24H23N3O3. The standard InChI is InChI=1S/C24H23N3O3/c1-16-4-3-5-21(14-16)30-20-9-7-19(8-10-20)26-23(28)18-6-11-22(17(2)15-18)27-13-12-25-24(27)29/h3-11,14-15H,12-13H2,1-2H3,(H,25,29)(H,26,28). The van der Waals surface area contributed by atoms with Gasteiger partial charge in [-0.3, -0.25) is 9.69 Å². The number of benzene rings is 3. The van der Waals surface area contributed by atoms with Gasteiger partial charge in [0.15, 0.2) is 0 Å². The quantitative estimate of drug-likeness (QED) is 0.640. The molecule has 0 atom stereocenters. The number of carbonyl (C=O) groups excluding carboxylic acids is 2. The van der Waals surface area contributed by atoms with Crippen LogP contribution < -0.4 is 20.3 Å². The maximum absolute atomic E-state index is 12.6. The molecule has 3 aromatic rings. The largest absolute Gasteiger partial charge is 0.457 e. The van der Waals surface area contributed by atoms with Crippen molar-refractivity contribution in [2.24, 2.45) is 0 Å². The van der Waals surface area contributed by atoms with Crippen LogP contribution in [0.5, 0.6) is 11.5 Å². The molecule has 0 spiro atoms. The predicted molar refractivity (Wildman–Crippen MR) is 118 cm³/mol. The van der Waals surface area contributed by atoms with Gasteiger partial charge in [0, 0.05) is 30.0 Å². The molecule has 152 valence electrons. The van der Waals surface area contributed by atoms with Crippen LogP contribution in [0.3, 0.4) is 0 Å². The normalized spacial score (nSPS) is 13.1. The van der Waals surface area contributed by atoms with Crippen molar-refractivity contribution in [3.63, 3.8) is 0 Å². The highest BCUT2D eigenvalue weighted by Crippen LogP contribution is 2.25. The van der Waals surface area contributed by atoms with E-state index in [9.17, 15) is 9.59 Å². The summed E-state index contributed by atoms with van der Waals surface area (Å²) in [5, 5.41) is 5.68. The molecule has 1 aliphatic heterocycles. The van der Waals surface area contributed by atoms with E-state index in [-0.39, 0.29) is 11.9 Å². The van der Waals surface area contributed by atoms with Crippen LogP contribution in [0.2, 0.25) is 0 Å². The number of hydrogen-bond donors (Lipinski definition) is 2. The Morgan fingerprint density at radius 1 is 1.00 bits per heavy atom. The fraction of sp³-hybridized carbons (Fsp3) is 0.167. The summed E-state index contributed by atoms with van der Waals surface area (Å²) in [5.74, 6) is 1.26. The molecule has 0 saturated carbocycles. The zero-order valence-corrected chi connectivity index (χ0v) is 16.9. The predicted octanol–water partition coefficient (Wildman–Crippen LogP) is 4.88. The van der Waals surface area contributed by atoms with E-state index in [0.29, 0.717) is 30.1 Å². The Hall–Kier alpha value is -3.80. The minimum absolute atomic E-state index is 0.108. The summed E-state index contributed by atoms with van der Waals surface area (Å²) in [4.78, 5) is 26.2. The third-order valence-electron chi connectivity index (χ3n) is 4.94. The Kier molecular flexibility index (Phi) is 5.39. The third kappa shape index (κ3) is 4.27. The van der Waals surface area contributed by atoms with Crippen LogP contribution in [-0.2, 0) is 0 Å². The average molecular weight is 401 g/mol. The van der Waals surface area contributed by atoms with Crippen LogP contribution in [0.4, 0.5) is 16.2 Å². The van der Waals surface area contributed by atoms with Crippen LogP contribution in [0, 0.1) is 13.8 Å². The lowest BCUT2D eigenvalue weighted by Gasteiger charge is -2.17. The van der Waals surface area contributed by atoms with Gasteiger partial charge in [0.2, 0.25) is 0 Å². The molecule has 0 unspecified atom stereocenters. The molecule has 1 fully saturated rings. The van der Waals surface area contributed by atoms with Gasteiger partial charge < -0.3 is 15.4 Å². The zero-order valence-electron chi connectivity index (χ0n) is 16.9. The van der Waals surface area contributed by atoms with E-state index in [1.54, 1.807) is 29.2 Å². The van der Waals surface area contributed by atoms with Crippen molar-refractivity contribution < 1.29 is 14.3 Å². The van der Waals surface area contributed by atoms with Crippen molar-refractivity contribution in [2.75, 3.05) is 23.3 Å². The molecule has 4 rings (SSSR count). The summed E-state index contributed by atoms with van der Waals surface area (Å²) in [5.41, 5.74) is 4.04. The third-order valence-corrected chi connectivity index (χ3v) is 4.94. The van der Waals surface area contributed by atoms with Gasteiger partial charge in [0.25, 0.3) is 5.91 Å². The van der Waals surface area contributed by atoms with Gasteiger partial charge >= 0.3 is 6.03 Å². The van der Waals surface area contributed by atoms with Gasteiger partial charge in [-0.1, -0.05) is 12.1 Å². The lowest BCUT2D eigenvalue weighted by Crippen LogP contribution is -2.28. The molecule has 1 aliphatic rings. The van der Waals surface area contributed by atoms with Crippen LogP contribution in [0.1, 0.15) is 21.5 Å². The van der Waals surface area contributed by atoms with E-state index in [1.807, 2.05) is 56.3 Å². The van der Waals surface area contributed by atoms with E-state index in [2.05, 4.69) is 10.6 Å². The van der Waals surface area contributed by atoms with Crippen LogP contribution in [0.25, 0.3) is 0 Å². The van der Waals surface area contributed by atoms with E-state index in [4.69, 9.17) is 4.74 Å². The number of carbonyl (C=O) groups is 2. The average Bonchev–Trinajstić information content (AvgIpc) is 3.15. The molecule has 3 aromatic carbocycles. The van der Waals surface area contributed by atoms with Gasteiger partial charge in [-0.15, -0.1) is 0 Å². The first-order valence-corrected chi connectivity index (χ1v) is 9.81. The molecule has 0 radical (unpaired) electrons. The molecular weight excluding hydrogens is 378 g/mol. The highest BCUT2D eigenvalue weighted by atomic mass is 16.5. The second-order valence-corrected chi connectivity index (χ2v) is 7.28. The Morgan fingerprint density at radius 3 is 2.47 bits per heavy atom. The highest BCUT2D eigenvalue weighted by molar-refractivity contribution is 6.05. The molecule has 6 nitrogen and oxygen atoms in total. The first-order valence-electron chi connectivity index (χ1n) is 9.81. The first-order chi connectivity index (χ1) is 14.5. The van der Waals surface area contributed by atoms with Crippen molar-refractivity contribution in [1.29, 1.82) is 0 Å². The summed E-state index contributed by atoms with van der Waals surface area (Å²) in [7, 11) is 0. The van der Waals surface area contributed by atoms with E-state index < -0.39 is 0 Å². The van der Waals surface area contributed by atoms with Crippen LogP contribution >= 0.6 is 0 Å². The molecule has 0 bridgehead atoms. The number of rotatable bonds is 5. The smallest absolute Gasteiger partial charge is 0.322 e. The zero-order chi connectivity index (χ0) is 21.1. The minimum atomic E-state index is -0.206. The van der Waals surface area contributed by atoms with Gasteiger partial charge in [-0.2, -0.15) is 0 Å². The van der Waals surface area contributed by atoms with Crippen LogP contribution in [-0.4, -0.2) is 25.0 Å². The molecule has 0 aromatic heterocycles. The molecule has 30 heavy (non-hydrogen) atoms. The van der Waals surface area contributed by atoms with Crippen molar-refractivity contribution >= 4 is 23.3 Å². The molecule has 2 N–H and O–H groups in total. The Labute approximate surface area is 175 Å². The Morgan fingerprint density at radius 2 is 1.80 bits per heavy atom. The van der Waals surface area contributed by atoms with E-state index >= 15 is 0 Å². The van der Waals surface area contributed by atoms with Gasteiger partial charge in [-0.25, -0.2) is 4.79 Å². The second-order valence-electron chi connectivity index (χ2n) is 7.28. The fourth-order valence-electron chi connectivity index (χ4n) is 3.43. The molecule has 6 heteroatoms. The van der Waals surface area contributed by atoms with Crippen molar-refractivity contribution in [1.82, 2.24) is 5.32 Å². The number of anilines is 2. The lowest BCUT2D eigenvalue weighted by atomic mass is 10.1. The SMILES string of the molecule is Cc1cccc(Oc2ccc(NC(=O)c3ccc(N4CCNC4=O)c(C)c3)cc2)c1. The number of nitrogens with one attached hydrogen (secondary N) is 2. The van der Waals surface area contributed by atoms with Gasteiger partial charge in [-0.05, 0) is 79.6 Å². The van der Waals surface area contributed by atoms with Crippen molar-refractivity contribution in [3.05, 3.63) is 83.4 Å². The molecule has 1 saturated heterocycles. The maximum Gasteiger partial charge on any atom is 0.322 e. The fourth-order valence-corrected chi connectivity index (χ4v) is 3.43. The molecule has 0 aliphatic carbocycles. The number of amides is 3. The van der Waals surface area contributed by atoms with E-state index in [1.165, 1.54) is 0 Å². The summed E-state index contributed by atoms with van der Waals surface area (Å²) in [6, 6.07) is 20.3. The second kappa shape index (κ2) is 8.29. The summed E-state index contributed by atoms with van der Waals surface area (Å²) in [6.45, 7) is 5.17. The summed E-state index contributed by atoms with van der Waals surface area (Å²) < 4.78 is 5.84. The van der Waals surface area contributed by atoms with Crippen molar-refractivity contribution in [3.8, 4) is 11.5 Å². The monoisotopic (exact) mass is 401 g/mol. The Bertz CT molecular complexity index is 1090. The molecule has 1 heterocycles. The number of hydrogen-bond acceptors (Lipinski definition) is 3. The Balaban J connectivity index is 1.42. The summed E-state index contributed by atoms with van der Waals surface area (Å²) >= 11 is 0. The molecule has 3 amide bonds. The topological polar surface area (TPSA) is 70.7 Å². The van der Waals surface area contributed by atoms with Gasteiger partial charge in [0.05, 0.1) is 0 Å². The number of urea groups is 1. The maximum atomic E-state index is 12.6. The van der Waals surface area contributed by atoms with E-state index in [0.717, 1.165) is 22.6 Å². The van der Waals surface area contributed by atoms with Crippen molar-refractivity contribution in [2.45, 2.75) is 13.8 Å². The lowest BCUT2D eigenvalue weighted by molar-refractivity contribution is 0.102. The number of nitrogens with zero attached hydrogens (tertiary/aromatic N) is 1. The highest BCUT2D eigenvalue weighted by Gasteiger charge is 2.23. The van der Waals surface area contributed by atoms with Crippen LogP contribution in [0.15, 0.2) is 66.7 Å². The minimum Gasteiger partial charge on any atom is -0.457 e.